The highest BCUT2D eigenvalue weighted by molar-refractivity contribution is 6.04. The molecule has 3 aromatic rings. The van der Waals surface area contributed by atoms with Crippen LogP contribution in [0.15, 0.2) is 65.7 Å². The highest BCUT2D eigenvalue weighted by Gasteiger charge is 2.35. The van der Waals surface area contributed by atoms with Crippen LogP contribution >= 0.6 is 0 Å². The van der Waals surface area contributed by atoms with E-state index in [1.807, 2.05) is 22.8 Å². The summed E-state index contributed by atoms with van der Waals surface area (Å²) in [5.41, 5.74) is 2.72. The lowest BCUT2D eigenvalue weighted by Crippen LogP contribution is -2.47. The Hall–Kier alpha value is -3.32. The van der Waals surface area contributed by atoms with Crippen LogP contribution in [0.3, 0.4) is 0 Å². The minimum absolute atomic E-state index is 0.151. The van der Waals surface area contributed by atoms with Gasteiger partial charge in [-0.1, -0.05) is 12.1 Å². The van der Waals surface area contributed by atoms with Crippen molar-refractivity contribution < 1.29 is 9.18 Å². The average molecular weight is 418 g/mol. The number of carbonyl (C=O) groups is 1. The molecule has 1 fully saturated rings. The summed E-state index contributed by atoms with van der Waals surface area (Å²) in [5.74, 6) is 0.0991. The summed E-state index contributed by atoms with van der Waals surface area (Å²) < 4.78 is 15.0. The number of hydrogen-bond acceptors (Lipinski definition) is 4. The number of fused-ring (bicyclic) bond motifs is 4. The Labute approximate surface area is 179 Å². The van der Waals surface area contributed by atoms with Crippen LogP contribution in [-0.4, -0.2) is 33.4 Å². The van der Waals surface area contributed by atoms with Gasteiger partial charge in [0.15, 0.2) is 0 Å². The molecule has 1 N–H and O–H groups in total. The van der Waals surface area contributed by atoms with Crippen LogP contribution in [0, 0.1) is 11.7 Å². The zero-order valence-electron chi connectivity index (χ0n) is 17.0. The van der Waals surface area contributed by atoms with E-state index in [1.165, 1.54) is 12.1 Å². The molecule has 0 spiro atoms. The Balaban J connectivity index is 1.34. The molecule has 1 aromatic carbocycles. The number of benzene rings is 1. The zero-order valence-corrected chi connectivity index (χ0v) is 17.0. The molecular formula is C24H23FN4O2. The van der Waals surface area contributed by atoms with Crippen molar-refractivity contribution in [2.45, 2.75) is 25.4 Å². The minimum Gasteiger partial charge on any atom is -0.317 e. The van der Waals surface area contributed by atoms with Crippen LogP contribution in [0.25, 0.3) is 0 Å². The van der Waals surface area contributed by atoms with Gasteiger partial charge in [0.1, 0.15) is 11.5 Å². The lowest BCUT2D eigenvalue weighted by atomic mass is 9.83. The number of anilines is 1. The van der Waals surface area contributed by atoms with Crippen molar-refractivity contribution in [1.29, 1.82) is 0 Å². The van der Waals surface area contributed by atoms with Gasteiger partial charge < -0.3 is 9.88 Å². The van der Waals surface area contributed by atoms with E-state index >= 15 is 0 Å². The van der Waals surface area contributed by atoms with E-state index < -0.39 is 0 Å². The summed E-state index contributed by atoms with van der Waals surface area (Å²) in [7, 11) is 0. The Morgan fingerprint density at radius 3 is 2.58 bits per heavy atom. The number of rotatable bonds is 4. The van der Waals surface area contributed by atoms with Gasteiger partial charge in [0.05, 0.1) is 0 Å². The molecule has 7 heteroatoms. The number of pyridine rings is 2. The number of aromatic nitrogens is 2. The first-order valence-electron chi connectivity index (χ1n) is 10.5. The van der Waals surface area contributed by atoms with Gasteiger partial charge in [-0.15, -0.1) is 0 Å². The first-order chi connectivity index (χ1) is 15.1. The molecule has 158 valence electrons. The number of piperidine rings is 1. The fourth-order valence-electron chi connectivity index (χ4n) is 4.81. The fraction of sp³-hybridized carbons (Fsp3) is 0.292. The van der Waals surface area contributed by atoms with E-state index in [-0.39, 0.29) is 23.2 Å². The van der Waals surface area contributed by atoms with Crippen molar-refractivity contribution in [2.75, 3.05) is 18.4 Å². The van der Waals surface area contributed by atoms with Gasteiger partial charge in [0.2, 0.25) is 0 Å². The third kappa shape index (κ3) is 4.01. The van der Waals surface area contributed by atoms with E-state index in [9.17, 15) is 14.0 Å². The van der Waals surface area contributed by atoms with E-state index in [0.29, 0.717) is 23.7 Å². The van der Waals surface area contributed by atoms with Crippen LogP contribution < -0.4 is 10.9 Å². The molecule has 2 aromatic heterocycles. The molecule has 0 radical (unpaired) electrons. The maximum Gasteiger partial charge on any atom is 0.274 e. The van der Waals surface area contributed by atoms with Crippen LogP contribution in [0.5, 0.6) is 0 Å². The smallest absolute Gasteiger partial charge is 0.274 e. The molecule has 2 bridgehead atoms. The standard InChI is InChI=1S/C24H23FN4O2/c25-20-3-1-16(2-4-20)12-28-13-17-11-19(15-28)22-6-5-21(24(31)29(22)14-17)27-23(30)18-7-9-26-10-8-18/h1-10,17,19H,11-15H2,(H,27,30). The van der Waals surface area contributed by atoms with Crippen molar-refractivity contribution in [3.05, 3.63) is 93.9 Å². The quantitative estimate of drug-likeness (QED) is 0.706. The van der Waals surface area contributed by atoms with Crippen molar-refractivity contribution in [1.82, 2.24) is 14.5 Å². The Kier molecular flexibility index (Phi) is 5.11. The van der Waals surface area contributed by atoms with Crippen molar-refractivity contribution in [2.24, 2.45) is 5.92 Å². The van der Waals surface area contributed by atoms with Gasteiger partial charge >= 0.3 is 0 Å². The molecule has 5 rings (SSSR count). The lowest BCUT2D eigenvalue weighted by Gasteiger charge is -2.43. The van der Waals surface area contributed by atoms with Gasteiger partial charge in [-0.05, 0) is 54.3 Å². The van der Waals surface area contributed by atoms with Gasteiger partial charge in [0.25, 0.3) is 11.5 Å². The molecule has 2 aliphatic heterocycles. The van der Waals surface area contributed by atoms with Crippen LogP contribution in [-0.2, 0) is 13.1 Å². The molecule has 2 atom stereocenters. The normalized spacial score (nSPS) is 20.2. The topological polar surface area (TPSA) is 67.2 Å². The molecule has 1 saturated heterocycles. The predicted octanol–water partition coefficient (Wildman–Crippen LogP) is 3.25. The number of nitrogens with zero attached hydrogens (tertiary/aromatic N) is 3. The number of nitrogens with one attached hydrogen (secondary N) is 1. The maximum atomic E-state index is 13.2. The molecule has 2 unspecified atom stereocenters. The summed E-state index contributed by atoms with van der Waals surface area (Å²) in [4.78, 5) is 31.9. The number of amides is 1. The maximum absolute atomic E-state index is 13.2. The summed E-state index contributed by atoms with van der Waals surface area (Å²) in [6, 6.07) is 13.6. The predicted molar refractivity (Wildman–Crippen MR) is 115 cm³/mol. The first kappa shape index (κ1) is 19.6. The largest absolute Gasteiger partial charge is 0.317 e. The average Bonchev–Trinajstić information content (AvgIpc) is 2.78. The van der Waals surface area contributed by atoms with Gasteiger partial charge in [-0.3, -0.25) is 19.5 Å². The molecule has 1 amide bonds. The number of halogens is 1. The summed E-state index contributed by atoms with van der Waals surface area (Å²) in [6.45, 7) is 3.17. The number of hydrogen-bond donors (Lipinski definition) is 1. The highest BCUT2D eigenvalue weighted by atomic mass is 19.1. The summed E-state index contributed by atoms with van der Waals surface area (Å²) in [6.07, 6.45) is 4.16. The SMILES string of the molecule is O=C(Nc1ccc2n(c1=O)CC1CC2CN(Cc2ccc(F)cc2)C1)c1ccncc1. The molecule has 6 nitrogen and oxygen atoms in total. The zero-order chi connectivity index (χ0) is 21.4. The minimum atomic E-state index is -0.318. The van der Waals surface area contributed by atoms with Crippen molar-refractivity contribution >= 4 is 11.6 Å². The van der Waals surface area contributed by atoms with Crippen LogP contribution in [0.4, 0.5) is 10.1 Å². The second-order valence-electron chi connectivity index (χ2n) is 8.40. The van der Waals surface area contributed by atoms with E-state index in [2.05, 4.69) is 15.2 Å². The Morgan fingerprint density at radius 1 is 1.03 bits per heavy atom. The molecule has 31 heavy (non-hydrogen) atoms. The van der Waals surface area contributed by atoms with Crippen LogP contribution in [0.2, 0.25) is 0 Å². The van der Waals surface area contributed by atoms with Crippen molar-refractivity contribution in [3.63, 3.8) is 0 Å². The van der Waals surface area contributed by atoms with Gasteiger partial charge in [0, 0.05) is 55.7 Å². The molecule has 0 saturated carbocycles. The monoisotopic (exact) mass is 418 g/mol. The van der Waals surface area contributed by atoms with E-state index in [4.69, 9.17) is 0 Å². The van der Waals surface area contributed by atoms with Gasteiger partial charge in [-0.2, -0.15) is 0 Å². The molecular weight excluding hydrogens is 395 g/mol. The van der Waals surface area contributed by atoms with Gasteiger partial charge in [-0.25, -0.2) is 4.39 Å². The number of carbonyl (C=O) groups excluding carboxylic acids is 1. The molecule has 4 heterocycles. The number of likely N-dealkylation sites (tertiary alicyclic amines) is 1. The third-order valence-corrected chi connectivity index (χ3v) is 6.19. The van der Waals surface area contributed by atoms with E-state index in [1.54, 1.807) is 30.6 Å². The summed E-state index contributed by atoms with van der Waals surface area (Å²) in [5, 5.41) is 2.75. The first-order valence-corrected chi connectivity index (χ1v) is 10.5. The second kappa shape index (κ2) is 8.07. The lowest BCUT2D eigenvalue weighted by molar-refractivity contribution is 0.102. The van der Waals surface area contributed by atoms with Crippen molar-refractivity contribution in [3.8, 4) is 0 Å². The summed E-state index contributed by atoms with van der Waals surface area (Å²) >= 11 is 0. The molecule has 2 aliphatic rings. The van der Waals surface area contributed by atoms with Crippen LogP contribution in [0.1, 0.15) is 34.0 Å². The Bertz CT molecular complexity index is 1160. The second-order valence-corrected chi connectivity index (χ2v) is 8.40. The highest BCUT2D eigenvalue weighted by Crippen LogP contribution is 2.36. The van der Waals surface area contributed by atoms with E-state index in [0.717, 1.165) is 37.3 Å². The fourth-order valence-corrected chi connectivity index (χ4v) is 4.81. The Morgan fingerprint density at radius 2 is 1.81 bits per heavy atom. The molecule has 0 aliphatic carbocycles. The third-order valence-electron chi connectivity index (χ3n) is 6.19.